The van der Waals surface area contributed by atoms with Crippen molar-refractivity contribution in [3.05, 3.63) is 28.8 Å². The number of rotatable bonds is 5. The molecule has 104 valence electrons. The minimum Gasteiger partial charge on any atom is -0.497 e. The molecule has 1 saturated heterocycles. The summed E-state index contributed by atoms with van der Waals surface area (Å²) in [5.41, 5.74) is 1.01. The van der Waals surface area contributed by atoms with Crippen molar-refractivity contribution in [1.82, 2.24) is 10.6 Å². The first kappa shape index (κ1) is 14.5. The molecule has 6 heteroatoms. The van der Waals surface area contributed by atoms with Crippen LogP contribution in [0.1, 0.15) is 5.56 Å². The predicted molar refractivity (Wildman–Crippen MR) is 79.0 cm³/mol. The first-order valence-corrected chi connectivity index (χ1v) is 7.65. The quantitative estimate of drug-likeness (QED) is 0.868. The first-order valence-electron chi connectivity index (χ1n) is 6.12. The van der Waals surface area contributed by atoms with Crippen LogP contribution in [0, 0.1) is 0 Å². The zero-order valence-corrected chi connectivity index (χ0v) is 12.3. The van der Waals surface area contributed by atoms with Crippen molar-refractivity contribution in [3.63, 3.8) is 0 Å². The molecule has 1 aliphatic heterocycles. The summed E-state index contributed by atoms with van der Waals surface area (Å²) in [6.07, 6.45) is 0.717. The molecule has 1 amide bonds. The van der Waals surface area contributed by atoms with Gasteiger partial charge in [0.2, 0.25) is 5.91 Å². The van der Waals surface area contributed by atoms with Gasteiger partial charge in [-0.15, -0.1) is 11.8 Å². The Morgan fingerprint density at radius 2 is 2.47 bits per heavy atom. The summed E-state index contributed by atoms with van der Waals surface area (Å²) in [6, 6.07) is 5.53. The summed E-state index contributed by atoms with van der Waals surface area (Å²) in [6.45, 7) is 0.591. The average molecular weight is 301 g/mol. The highest BCUT2D eigenvalue weighted by atomic mass is 35.5. The fourth-order valence-electron chi connectivity index (χ4n) is 1.86. The zero-order chi connectivity index (χ0) is 13.7. The van der Waals surface area contributed by atoms with Gasteiger partial charge in [0.15, 0.2) is 0 Å². The largest absolute Gasteiger partial charge is 0.497 e. The summed E-state index contributed by atoms with van der Waals surface area (Å²) in [7, 11) is 1.61. The number of methoxy groups -OCH3 is 1. The fraction of sp³-hybridized carbons (Fsp3) is 0.462. The van der Waals surface area contributed by atoms with Crippen LogP contribution in [-0.4, -0.2) is 37.2 Å². The van der Waals surface area contributed by atoms with Crippen molar-refractivity contribution in [2.24, 2.45) is 0 Å². The molecule has 0 bridgehead atoms. The Balaban J connectivity index is 1.80. The maximum atomic E-state index is 11.8. The lowest BCUT2D eigenvalue weighted by Crippen LogP contribution is -2.42. The maximum absolute atomic E-state index is 11.8. The Morgan fingerprint density at radius 1 is 1.63 bits per heavy atom. The Kier molecular flexibility index (Phi) is 5.36. The number of amides is 1. The van der Waals surface area contributed by atoms with E-state index in [4.69, 9.17) is 16.3 Å². The van der Waals surface area contributed by atoms with E-state index in [2.05, 4.69) is 10.6 Å². The van der Waals surface area contributed by atoms with Crippen LogP contribution in [0.2, 0.25) is 5.02 Å². The lowest BCUT2D eigenvalue weighted by Gasteiger charge is -2.11. The summed E-state index contributed by atoms with van der Waals surface area (Å²) in [4.78, 5) is 11.8. The highest BCUT2D eigenvalue weighted by Crippen LogP contribution is 2.22. The normalized spacial score (nSPS) is 18.3. The van der Waals surface area contributed by atoms with Crippen molar-refractivity contribution in [3.8, 4) is 5.75 Å². The molecule has 1 aromatic carbocycles. The van der Waals surface area contributed by atoms with E-state index in [1.807, 2.05) is 12.1 Å². The smallest absolute Gasteiger partial charge is 0.238 e. The van der Waals surface area contributed by atoms with Gasteiger partial charge in [0.1, 0.15) is 5.75 Å². The average Bonchev–Trinajstić information content (AvgIpc) is 2.94. The molecular formula is C13H17ClN2O2S. The van der Waals surface area contributed by atoms with Crippen molar-refractivity contribution >= 4 is 29.3 Å². The van der Waals surface area contributed by atoms with E-state index >= 15 is 0 Å². The van der Waals surface area contributed by atoms with Gasteiger partial charge in [-0.2, -0.15) is 0 Å². The van der Waals surface area contributed by atoms with Gasteiger partial charge in [0.25, 0.3) is 0 Å². The number of halogens is 1. The summed E-state index contributed by atoms with van der Waals surface area (Å²) in [5, 5.41) is 6.73. The molecule has 0 spiro atoms. The minimum atomic E-state index is -0.0589. The van der Waals surface area contributed by atoms with Crippen LogP contribution in [0.4, 0.5) is 0 Å². The molecule has 4 nitrogen and oxygen atoms in total. The molecule has 1 heterocycles. The topological polar surface area (TPSA) is 50.4 Å². The molecule has 1 aromatic rings. The second kappa shape index (κ2) is 7.03. The standard InChI is InChI=1S/C13H17ClN2O2S/c1-18-10-3-2-9(11(14)6-10)4-5-15-13(17)12-7-19-8-16-12/h2-3,6,12,16H,4-5,7-8H2,1H3,(H,15,17). The van der Waals surface area contributed by atoms with Gasteiger partial charge in [-0.05, 0) is 24.1 Å². The number of hydrogen-bond acceptors (Lipinski definition) is 4. The molecule has 19 heavy (non-hydrogen) atoms. The molecule has 0 radical (unpaired) electrons. The number of benzene rings is 1. The number of hydrogen-bond donors (Lipinski definition) is 2. The third-order valence-corrected chi connectivity index (χ3v) is 4.28. The third kappa shape index (κ3) is 4.03. The minimum absolute atomic E-state index is 0.0589. The molecule has 1 unspecified atom stereocenters. The van der Waals surface area contributed by atoms with Crippen LogP contribution in [0.5, 0.6) is 5.75 Å². The van der Waals surface area contributed by atoms with E-state index in [0.717, 1.165) is 22.9 Å². The van der Waals surface area contributed by atoms with Crippen LogP contribution in [0.3, 0.4) is 0 Å². The number of nitrogens with one attached hydrogen (secondary N) is 2. The molecule has 0 aliphatic carbocycles. The van der Waals surface area contributed by atoms with Gasteiger partial charge in [0, 0.05) is 23.2 Å². The van der Waals surface area contributed by atoms with Gasteiger partial charge in [-0.25, -0.2) is 0 Å². The van der Waals surface area contributed by atoms with Crippen LogP contribution in [-0.2, 0) is 11.2 Å². The van der Waals surface area contributed by atoms with Crippen LogP contribution < -0.4 is 15.4 Å². The molecular weight excluding hydrogens is 284 g/mol. The molecule has 0 aromatic heterocycles. The van der Waals surface area contributed by atoms with Crippen molar-refractivity contribution in [2.45, 2.75) is 12.5 Å². The predicted octanol–water partition coefficient (Wildman–Crippen LogP) is 1.67. The molecule has 1 atom stereocenters. The summed E-state index contributed by atoms with van der Waals surface area (Å²) in [5.74, 6) is 2.50. The van der Waals surface area contributed by atoms with Crippen molar-refractivity contribution in [2.75, 3.05) is 25.3 Å². The highest BCUT2D eigenvalue weighted by molar-refractivity contribution is 7.99. The SMILES string of the molecule is COc1ccc(CCNC(=O)C2CSCN2)c(Cl)c1. The van der Waals surface area contributed by atoms with Gasteiger partial charge in [-0.3, -0.25) is 10.1 Å². The highest BCUT2D eigenvalue weighted by Gasteiger charge is 2.21. The van der Waals surface area contributed by atoms with Crippen LogP contribution in [0.25, 0.3) is 0 Å². The van der Waals surface area contributed by atoms with Gasteiger partial charge in [0.05, 0.1) is 13.2 Å². The van der Waals surface area contributed by atoms with Crippen molar-refractivity contribution in [1.29, 1.82) is 0 Å². The van der Waals surface area contributed by atoms with E-state index in [1.165, 1.54) is 0 Å². The molecule has 2 rings (SSSR count). The summed E-state index contributed by atoms with van der Waals surface area (Å²) >= 11 is 7.88. The van der Waals surface area contributed by atoms with Gasteiger partial charge in [-0.1, -0.05) is 17.7 Å². The van der Waals surface area contributed by atoms with E-state index in [9.17, 15) is 4.79 Å². The number of ether oxygens (including phenoxy) is 1. The van der Waals surface area contributed by atoms with Crippen molar-refractivity contribution < 1.29 is 9.53 Å². The monoisotopic (exact) mass is 300 g/mol. The van der Waals surface area contributed by atoms with Crippen LogP contribution >= 0.6 is 23.4 Å². The lowest BCUT2D eigenvalue weighted by atomic mass is 10.1. The van der Waals surface area contributed by atoms with E-state index in [-0.39, 0.29) is 11.9 Å². The molecule has 0 saturated carbocycles. The van der Waals surface area contributed by atoms with Gasteiger partial charge < -0.3 is 10.1 Å². The Hall–Kier alpha value is -0.910. The Morgan fingerprint density at radius 3 is 3.11 bits per heavy atom. The Bertz CT molecular complexity index is 450. The number of thioether (sulfide) groups is 1. The third-order valence-electron chi connectivity index (χ3n) is 2.99. The number of carbonyl (C=O) groups excluding carboxylic acids is 1. The van der Waals surface area contributed by atoms with E-state index in [1.54, 1.807) is 24.9 Å². The fourth-order valence-corrected chi connectivity index (χ4v) is 3.07. The molecule has 1 aliphatic rings. The van der Waals surface area contributed by atoms with E-state index < -0.39 is 0 Å². The first-order chi connectivity index (χ1) is 9.20. The van der Waals surface area contributed by atoms with Crippen LogP contribution in [0.15, 0.2) is 18.2 Å². The second-order valence-corrected chi connectivity index (χ2v) is 5.71. The van der Waals surface area contributed by atoms with Gasteiger partial charge >= 0.3 is 0 Å². The zero-order valence-electron chi connectivity index (χ0n) is 10.7. The molecule has 1 fully saturated rings. The Labute approximate surface area is 122 Å². The molecule has 2 N–H and O–H groups in total. The van der Waals surface area contributed by atoms with E-state index in [0.29, 0.717) is 18.0 Å². The lowest BCUT2D eigenvalue weighted by molar-refractivity contribution is -0.122. The maximum Gasteiger partial charge on any atom is 0.238 e. The summed E-state index contributed by atoms with van der Waals surface area (Å²) < 4.78 is 5.10. The number of carbonyl (C=O) groups is 1. The second-order valence-electron chi connectivity index (χ2n) is 4.27.